The number of fused-ring (bicyclic) bond motifs is 7. The van der Waals surface area contributed by atoms with Gasteiger partial charge in [-0.15, -0.1) is 11.3 Å². The van der Waals surface area contributed by atoms with Gasteiger partial charge in [-0.1, -0.05) is 148 Å². The lowest BCUT2D eigenvalue weighted by atomic mass is 9.82. The minimum atomic E-state index is -0.130. The molecule has 6 aromatic carbocycles. The maximum Gasteiger partial charge on any atom is 0.164 e. The molecule has 4 heteroatoms. The van der Waals surface area contributed by atoms with Gasteiger partial charge >= 0.3 is 0 Å². The molecule has 246 valence electrons. The first-order valence-corrected chi connectivity index (χ1v) is 18.4. The molecule has 0 spiro atoms. The van der Waals surface area contributed by atoms with E-state index >= 15 is 0 Å². The molecule has 0 saturated heterocycles. The van der Waals surface area contributed by atoms with Crippen molar-refractivity contribution >= 4 is 33.1 Å². The van der Waals surface area contributed by atoms with Crippen LogP contribution < -0.4 is 9.75 Å². The Labute approximate surface area is 306 Å². The van der Waals surface area contributed by atoms with Crippen LogP contribution in [0, 0.1) is 10.4 Å². The molecule has 2 aromatic heterocycles. The summed E-state index contributed by atoms with van der Waals surface area (Å²) in [5.41, 5.74) is 11.1. The minimum Gasteiger partial charge on any atom is -0.208 e. The summed E-state index contributed by atoms with van der Waals surface area (Å²) in [6, 6.07) is 51.5. The van der Waals surface area contributed by atoms with E-state index in [0.717, 1.165) is 33.4 Å². The number of allylic oxidation sites excluding steroid dienone is 1. The highest BCUT2D eigenvalue weighted by atomic mass is 32.1. The monoisotopic (exact) mass is 683 g/mol. The molecule has 0 saturated carbocycles. The predicted octanol–water partition coefficient (Wildman–Crippen LogP) is 10.2. The van der Waals surface area contributed by atoms with Gasteiger partial charge in [0.05, 0.1) is 0 Å². The van der Waals surface area contributed by atoms with Crippen LogP contribution in [-0.2, 0) is 5.41 Å². The summed E-state index contributed by atoms with van der Waals surface area (Å²) >= 11 is 1.83. The first-order valence-electron chi connectivity index (χ1n) is 17.6. The van der Waals surface area contributed by atoms with Crippen molar-refractivity contribution in [3.05, 3.63) is 195 Å². The molecule has 0 amide bonds. The molecule has 2 aliphatic carbocycles. The van der Waals surface area contributed by atoms with Gasteiger partial charge in [-0.05, 0) is 68.1 Å². The Hall–Kier alpha value is -6.23. The van der Waals surface area contributed by atoms with Gasteiger partial charge in [0.25, 0.3) is 0 Å². The van der Waals surface area contributed by atoms with Gasteiger partial charge in [-0.2, -0.15) is 0 Å². The van der Waals surface area contributed by atoms with Crippen LogP contribution in [0.4, 0.5) is 0 Å². The van der Waals surface area contributed by atoms with Gasteiger partial charge in [0.1, 0.15) is 0 Å². The third kappa shape index (κ3) is 4.75. The van der Waals surface area contributed by atoms with Crippen LogP contribution in [0.1, 0.15) is 30.5 Å². The molecule has 52 heavy (non-hydrogen) atoms. The molecule has 0 N–H and O–H groups in total. The van der Waals surface area contributed by atoms with Crippen LogP contribution in [-0.4, -0.2) is 15.0 Å². The Kier molecular flexibility index (Phi) is 6.86. The number of benzene rings is 6. The standard InChI is InChI=1S/C48H33N3S/c1-29-26-31-16-7-8-19-35(31)43-38-21-10-12-23-41(38)52-44(43)42(29)32-17-13-18-33(27-32)46-49-45(30-14-5-4-6-15-30)50-47(51-46)34-24-25-37-36-20-9-11-22-39(36)48(2,3)40(37)28-34/h4-28H,1H2,2-3H3. The van der Waals surface area contributed by atoms with E-state index in [1.54, 1.807) is 0 Å². The topological polar surface area (TPSA) is 38.7 Å². The van der Waals surface area contributed by atoms with E-state index in [1.807, 2.05) is 29.5 Å². The van der Waals surface area contributed by atoms with E-state index in [1.165, 1.54) is 52.5 Å². The molecule has 0 aliphatic heterocycles. The number of aromatic nitrogens is 3. The molecule has 10 rings (SSSR count). The van der Waals surface area contributed by atoms with Crippen molar-refractivity contribution in [2.75, 3.05) is 0 Å². The number of rotatable bonds is 4. The molecule has 2 heterocycles. The van der Waals surface area contributed by atoms with Gasteiger partial charge in [-0.3, -0.25) is 0 Å². The average Bonchev–Trinajstić information content (AvgIpc) is 3.62. The normalized spacial score (nSPS) is 13.9. The zero-order chi connectivity index (χ0) is 35.0. The SMILES string of the molecule is C=C1C=c2ccccc2=c2c(sc3ccccc23)=C1c1cccc(-c2nc(-c3ccccc3)nc(-c3ccc4c(c3)C(C)(C)c3ccccc3-4)n2)c1. The predicted molar refractivity (Wildman–Crippen MR) is 215 cm³/mol. The highest BCUT2D eigenvalue weighted by molar-refractivity contribution is 7.17. The highest BCUT2D eigenvalue weighted by Crippen LogP contribution is 2.49. The number of hydrogen-bond acceptors (Lipinski definition) is 4. The maximum absolute atomic E-state index is 5.20. The summed E-state index contributed by atoms with van der Waals surface area (Å²) in [4.78, 5) is 15.4. The summed E-state index contributed by atoms with van der Waals surface area (Å²) in [5.74, 6) is 1.94. The van der Waals surface area contributed by atoms with E-state index in [9.17, 15) is 0 Å². The Morgan fingerprint density at radius 1 is 0.538 bits per heavy atom. The summed E-state index contributed by atoms with van der Waals surface area (Å²) < 4.78 is 2.49. The van der Waals surface area contributed by atoms with Gasteiger partial charge in [0.15, 0.2) is 17.5 Å². The summed E-state index contributed by atoms with van der Waals surface area (Å²) in [6.45, 7) is 9.25. The van der Waals surface area contributed by atoms with Crippen molar-refractivity contribution in [3.8, 4) is 45.3 Å². The quantitative estimate of drug-likeness (QED) is 0.185. The molecule has 8 aromatic rings. The molecule has 0 atom stereocenters. The van der Waals surface area contributed by atoms with E-state index in [2.05, 4.69) is 154 Å². The molecule has 0 fully saturated rings. The highest BCUT2D eigenvalue weighted by Gasteiger charge is 2.35. The van der Waals surface area contributed by atoms with Crippen LogP contribution in [0.25, 0.3) is 67.0 Å². The van der Waals surface area contributed by atoms with Gasteiger partial charge in [0, 0.05) is 47.5 Å². The summed E-state index contributed by atoms with van der Waals surface area (Å²) in [5, 5.41) is 4.94. The summed E-state index contributed by atoms with van der Waals surface area (Å²) in [6.07, 6.45) is 2.22. The van der Waals surface area contributed by atoms with E-state index in [0.29, 0.717) is 17.5 Å². The van der Waals surface area contributed by atoms with Crippen molar-refractivity contribution in [3.63, 3.8) is 0 Å². The lowest BCUT2D eigenvalue weighted by molar-refractivity contribution is 0.660. The van der Waals surface area contributed by atoms with Crippen molar-refractivity contribution in [1.29, 1.82) is 0 Å². The number of nitrogens with zero attached hydrogens (tertiary/aromatic N) is 3. The fraction of sp³-hybridized carbons (Fsp3) is 0.0625. The zero-order valence-corrected chi connectivity index (χ0v) is 29.7. The number of thiophene rings is 1. The van der Waals surface area contributed by atoms with Crippen LogP contribution in [0.5, 0.6) is 0 Å². The van der Waals surface area contributed by atoms with Crippen molar-refractivity contribution < 1.29 is 0 Å². The second-order valence-electron chi connectivity index (χ2n) is 14.1. The van der Waals surface area contributed by atoms with Gasteiger partial charge < -0.3 is 0 Å². The largest absolute Gasteiger partial charge is 0.208 e. The minimum absolute atomic E-state index is 0.130. The third-order valence-corrected chi connectivity index (χ3v) is 11.8. The molecule has 0 bridgehead atoms. The maximum atomic E-state index is 5.20. The van der Waals surface area contributed by atoms with Gasteiger partial charge in [0.2, 0.25) is 0 Å². The third-order valence-electron chi connectivity index (χ3n) is 10.6. The van der Waals surface area contributed by atoms with E-state index in [-0.39, 0.29) is 5.41 Å². The average molecular weight is 684 g/mol. The molecular weight excluding hydrogens is 651 g/mol. The fourth-order valence-electron chi connectivity index (χ4n) is 8.07. The zero-order valence-electron chi connectivity index (χ0n) is 28.9. The van der Waals surface area contributed by atoms with Crippen molar-refractivity contribution in [2.45, 2.75) is 19.3 Å². The smallest absolute Gasteiger partial charge is 0.164 e. The Morgan fingerprint density at radius 2 is 1.17 bits per heavy atom. The van der Waals surface area contributed by atoms with Crippen LogP contribution in [0.3, 0.4) is 0 Å². The first kappa shape index (κ1) is 30.6. The molecule has 2 aliphatic rings. The first-order chi connectivity index (χ1) is 25.4. The fourth-order valence-corrected chi connectivity index (χ4v) is 9.39. The molecular formula is C48H33N3S. The van der Waals surface area contributed by atoms with Crippen molar-refractivity contribution in [1.82, 2.24) is 15.0 Å². The summed E-state index contributed by atoms with van der Waals surface area (Å²) in [7, 11) is 0. The Morgan fingerprint density at radius 3 is 2.02 bits per heavy atom. The second kappa shape index (κ2) is 11.7. The van der Waals surface area contributed by atoms with E-state index < -0.39 is 0 Å². The van der Waals surface area contributed by atoms with Crippen LogP contribution in [0.15, 0.2) is 158 Å². The molecule has 0 unspecified atom stereocenters. The Bertz CT molecular complexity index is 3010. The molecule has 0 radical (unpaired) electrons. The Balaban J connectivity index is 1.18. The lowest BCUT2D eigenvalue weighted by Crippen LogP contribution is -2.15. The molecule has 3 nitrogen and oxygen atoms in total. The second-order valence-corrected chi connectivity index (χ2v) is 15.2. The van der Waals surface area contributed by atoms with Crippen molar-refractivity contribution in [2.24, 2.45) is 0 Å². The number of hydrogen-bond donors (Lipinski definition) is 0. The van der Waals surface area contributed by atoms with E-state index in [4.69, 9.17) is 15.0 Å². The van der Waals surface area contributed by atoms with Crippen LogP contribution in [0.2, 0.25) is 0 Å². The van der Waals surface area contributed by atoms with Gasteiger partial charge in [-0.25, -0.2) is 15.0 Å². The lowest BCUT2D eigenvalue weighted by Gasteiger charge is -2.21. The van der Waals surface area contributed by atoms with Crippen LogP contribution >= 0.6 is 11.3 Å².